The molecule has 1 unspecified atom stereocenters. The number of hydrogen-bond acceptors (Lipinski definition) is 14. The first kappa shape index (κ1) is 56.0. The molecular weight excluding hydrogens is 1070 g/mol. The Labute approximate surface area is 472 Å². The molecule has 1 saturated carbocycles. The Balaban J connectivity index is 0.751. The van der Waals surface area contributed by atoms with Crippen molar-refractivity contribution in [3.05, 3.63) is 148 Å². The number of imidazole rings is 1. The third-order valence-electron chi connectivity index (χ3n) is 14.7. The number of carbonyl (C=O) groups excluding carboxylic acids is 3. The van der Waals surface area contributed by atoms with E-state index in [1.807, 2.05) is 70.5 Å². The van der Waals surface area contributed by atoms with Gasteiger partial charge in [0, 0.05) is 87.7 Å². The van der Waals surface area contributed by atoms with Crippen LogP contribution in [0, 0.1) is 12.8 Å². The molecule has 20 nitrogen and oxygen atoms in total. The van der Waals surface area contributed by atoms with Crippen molar-refractivity contribution < 1.29 is 42.1 Å². The molecule has 0 radical (unpaired) electrons. The van der Waals surface area contributed by atoms with Gasteiger partial charge in [-0.05, 0) is 85.3 Å². The van der Waals surface area contributed by atoms with Gasteiger partial charge in [-0.3, -0.25) is 32.9 Å². The van der Waals surface area contributed by atoms with Crippen molar-refractivity contribution in [2.45, 2.75) is 102 Å². The number of carbonyl (C=O) groups is 3. The Bertz CT molecular complexity index is 3810. The van der Waals surface area contributed by atoms with Crippen LogP contribution in [0.4, 0.5) is 5.69 Å². The molecule has 422 valence electrons. The number of thiazole rings is 1. The minimum absolute atomic E-state index is 0.0156. The number of likely N-dealkylation sites (tertiary alicyclic amines) is 1. The molecule has 1 aliphatic carbocycles. The van der Waals surface area contributed by atoms with E-state index in [1.165, 1.54) is 44.4 Å². The number of nitrogens with zero attached hydrogens (tertiary/aromatic N) is 7. The number of aliphatic hydroxyl groups excluding tert-OH is 1. The molecule has 2 aliphatic rings. The second-order valence-corrected chi connectivity index (χ2v) is 23.5. The molecule has 10 rings (SSSR count). The number of ether oxygens (including phenoxy) is 3. The van der Waals surface area contributed by atoms with E-state index in [2.05, 4.69) is 30.4 Å². The quantitative estimate of drug-likeness (QED) is 0.0562. The summed E-state index contributed by atoms with van der Waals surface area (Å²) >= 11 is 1.57. The average Bonchev–Trinajstić information content (AvgIpc) is 4.36. The lowest BCUT2D eigenvalue weighted by atomic mass is 9.89. The lowest BCUT2D eigenvalue weighted by Crippen LogP contribution is -2.49. The van der Waals surface area contributed by atoms with Crippen LogP contribution in [0.5, 0.6) is 23.1 Å². The molecule has 81 heavy (non-hydrogen) atoms. The van der Waals surface area contributed by atoms with Crippen molar-refractivity contribution in [3.63, 3.8) is 0 Å². The highest BCUT2D eigenvalue weighted by atomic mass is 32.2. The molecule has 8 aromatic rings. The number of aliphatic hydroxyl groups is 1. The Morgan fingerprint density at radius 3 is 2.33 bits per heavy atom. The Kier molecular flexibility index (Phi) is 16.2. The van der Waals surface area contributed by atoms with Gasteiger partial charge in [-0.15, -0.1) is 11.3 Å². The molecule has 3 amide bonds. The zero-order valence-corrected chi connectivity index (χ0v) is 47.5. The van der Waals surface area contributed by atoms with Gasteiger partial charge >= 0.3 is 5.69 Å². The summed E-state index contributed by atoms with van der Waals surface area (Å²) < 4.78 is 53.5. The van der Waals surface area contributed by atoms with Gasteiger partial charge < -0.3 is 34.9 Å². The highest BCUT2D eigenvalue weighted by molar-refractivity contribution is 7.92. The number of anilines is 1. The van der Waals surface area contributed by atoms with Crippen LogP contribution in [0.25, 0.3) is 32.6 Å². The summed E-state index contributed by atoms with van der Waals surface area (Å²) in [5.41, 5.74) is 7.07. The number of pyridine rings is 1. The number of nitrogens with one attached hydrogen (secondary N) is 3. The molecule has 2 fully saturated rings. The number of β-amino-alcohol motifs (C(OH)–C–C–N with tert-alkyl or cyclic N) is 1. The minimum Gasteiger partial charge on any atom is -0.493 e. The number of aryl methyl sites for hydroxylation is 3. The second-order valence-electron chi connectivity index (χ2n) is 21.0. The number of hydrogen-bond donors (Lipinski definition) is 4. The maximum absolute atomic E-state index is 14.4. The zero-order chi connectivity index (χ0) is 57.3. The number of amides is 3. The van der Waals surface area contributed by atoms with Gasteiger partial charge in [0.05, 0.1) is 62.6 Å². The third kappa shape index (κ3) is 12.1. The van der Waals surface area contributed by atoms with Gasteiger partial charge in [0.1, 0.15) is 29.7 Å². The summed E-state index contributed by atoms with van der Waals surface area (Å²) in [5, 5.41) is 21.5. The van der Waals surface area contributed by atoms with Gasteiger partial charge in [-0.25, -0.2) is 23.2 Å². The summed E-state index contributed by atoms with van der Waals surface area (Å²) in [4.78, 5) is 66.0. The van der Waals surface area contributed by atoms with Gasteiger partial charge in [0.25, 0.3) is 15.9 Å². The van der Waals surface area contributed by atoms with Crippen molar-refractivity contribution in [1.82, 2.24) is 44.4 Å². The van der Waals surface area contributed by atoms with Crippen LogP contribution in [0.15, 0.2) is 131 Å². The van der Waals surface area contributed by atoms with E-state index in [-0.39, 0.29) is 76.5 Å². The van der Waals surface area contributed by atoms with Gasteiger partial charge in [0.15, 0.2) is 5.75 Å². The normalized spacial score (nSPS) is 17.8. The molecule has 5 heterocycles. The standard InChI is InChI=1S/C59H64N10O10S2/c1-8-21-77-44-12-10-13-45(27-44)78-52-29-50-49(66(6)59(74)67(50)7)28-48(52)65-81(75,76)47-14-9-11-40(22-47)56(71)64-42-24-46(25-42)79-53-23-39(19-20-60-53)41-30-62-69(31-41)54(34(2)3)58(73)68-32-43(70)26-51(68)57(72)63-35(4)37-15-17-38(18-16-37)55-36(5)61-33-80-55/h9-20,22-23,27-31,33-35,42-43,46,51,54,65,70H,8,21,24-26,32H2,1-7H3,(H,63,72)(H,64,71)/t35-,42?,43+,46?,51-,54?/m0/s1. The van der Waals surface area contributed by atoms with Gasteiger partial charge in [-0.1, -0.05) is 57.2 Å². The fraction of sp³-hybridized carbons (Fsp3) is 0.339. The maximum Gasteiger partial charge on any atom is 0.328 e. The van der Waals surface area contributed by atoms with E-state index >= 15 is 0 Å². The smallest absolute Gasteiger partial charge is 0.328 e. The van der Waals surface area contributed by atoms with E-state index in [4.69, 9.17) is 14.2 Å². The fourth-order valence-corrected chi connectivity index (χ4v) is 12.2. The molecule has 4 aromatic heterocycles. The van der Waals surface area contributed by atoms with E-state index in [9.17, 15) is 32.7 Å². The van der Waals surface area contributed by atoms with Crippen molar-refractivity contribution in [2.24, 2.45) is 20.0 Å². The molecule has 1 saturated heterocycles. The Hall–Kier alpha value is -8.34. The lowest BCUT2D eigenvalue weighted by Gasteiger charge is -2.35. The monoisotopic (exact) mass is 1140 g/mol. The van der Waals surface area contributed by atoms with Gasteiger partial charge in [-0.2, -0.15) is 5.10 Å². The lowest BCUT2D eigenvalue weighted by molar-refractivity contribution is -0.142. The minimum atomic E-state index is -4.32. The zero-order valence-electron chi connectivity index (χ0n) is 45.9. The van der Waals surface area contributed by atoms with Crippen molar-refractivity contribution in [2.75, 3.05) is 17.9 Å². The third-order valence-corrected chi connectivity index (χ3v) is 17.1. The van der Waals surface area contributed by atoms with E-state index in [1.54, 1.807) is 85.1 Å². The summed E-state index contributed by atoms with van der Waals surface area (Å²) in [6, 6.07) is 25.1. The summed E-state index contributed by atoms with van der Waals surface area (Å²) in [5.74, 6) is 0.112. The molecule has 22 heteroatoms. The van der Waals surface area contributed by atoms with Crippen LogP contribution in [-0.2, 0) is 33.7 Å². The van der Waals surface area contributed by atoms with Crippen LogP contribution in [0.2, 0.25) is 0 Å². The van der Waals surface area contributed by atoms with Crippen LogP contribution in [0.1, 0.15) is 87.1 Å². The van der Waals surface area contributed by atoms with Crippen LogP contribution in [-0.4, -0.2) is 102 Å². The predicted molar refractivity (Wildman–Crippen MR) is 307 cm³/mol. The highest BCUT2D eigenvalue weighted by Crippen LogP contribution is 2.37. The molecule has 0 bridgehead atoms. The van der Waals surface area contributed by atoms with Gasteiger partial charge in [0.2, 0.25) is 17.7 Å². The second kappa shape index (κ2) is 23.4. The highest BCUT2D eigenvalue weighted by Gasteiger charge is 2.43. The first-order valence-electron chi connectivity index (χ1n) is 26.8. The molecule has 4 aromatic carbocycles. The Morgan fingerprint density at radius 1 is 0.864 bits per heavy atom. The summed E-state index contributed by atoms with van der Waals surface area (Å²) in [7, 11) is -1.10. The summed E-state index contributed by atoms with van der Waals surface area (Å²) in [6.45, 7) is 10.2. The molecular formula is C59H64N10O10S2. The fourth-order valence-electron chi connectivity index (χ4n) is 10.3. The van der Waals surface area contributed by atoms with E-state index in [0.29, 0.717) is 53.4 Å². The van der Waals surface area contributed by atoms with E-state index < -0.39 is 34.1 Å². The summed E-state index contributed by atoms with van der Waals surface area (Å²) in [6.07, 6.45) is 5.77. The van der Waals surface area contributed by atoms with E-state index in [0.717, 1.165) is 33.7 Å². The number of fused-ring (bicyclic) bond motifs is 1. The predicted octanol–water partition coefficient (Wildman–Crippen LogP) is 8.33. The van der Waals surface area contributed by atoms with Crippen LogP contribution < -0.4 is 35.3 Å². The van der Waals surface area contributed by atoms with Crippen LogP contribution in [0.3, 0.4) is 0 Å². The van der Waals surface area contributed by atoms with Crippen molar-refractivity contribution in [3.8, 4) is 44.7 Å². The maximum atomic E-state index is 14.4. The molecule has 1 aliphatic heterocycles. The number of rotatable bonds is 20. The van der Waals surface area contributed by atoms with Crippen molar-refractivity contribution in [1.29, 1.82) is 0 Å². The topological polar surface area (TPSA) is 243 Å². The number of benzene rings is 4. The first-order valence-corrected chi connectivity index (χ1v) is 29.2. The average molecular weight is 1140 g/mol. The first-order chi connectivity index (χ1) is 38.8. The molecule has 4 atom stereocenters. The van der Waals surface area contributed by atoms with Crippen LogP contribution >= 0.6 is 11.3 Å². The number of sulfonamides is 1. The van der Waals surface area contributed by atoms with Crippen molar-refractivity contribution >= 4 is 55.8 Å². The molecule has 4 N–H and O–H groups in total. The SMILES string of the molecule is CCCOc1cccc(Oc2cc3c(cc2NS(=O)(=O)c2cccc(C(=O)NC4CC(Oc5cc(-c6cnn(C(C(=O)N7C[C@H](O)C[C@H]7C(=O)N[C@@H](C)c7ccc(-c8scnc8C)cc7)C(C)C)c6)ccn5)C4)c2)n(C)c(=O)n3C)c1. The largest absolute Gasteiger partial charge is 0.493 e. The number of aromatic nitrogens is 6. The molecule has 0 spiro atoms. The Morgan fingerprint density at radius 2 is 1.60 bits per heavy atom.